The van der Waals surface area contributed by atoms with E-state index >= 15 is 0 Å². The summed E-state index contributed by atoms with van der Waals surface area (Å²) < 4.78 is 9.52. The van der Waals surface area contributed by atoms with E-state index in [1.807, 2.05) is 30.5 Å². The van der Waals surface area contributed by atoms with Crippen LogP contribution in [0.1, 0.15) is 30.2 Å². The van der Waals surface area contributed by atoms with Crippen LogP contribution in [0.25, 0.3) is 17.2 Å². The van der Waals surface area contributed by atoms with Gasteiger partial charge in [0.25, 0.3) is 5.91 Å². The summed E-state index contributed by atoms with van der Waals surface area (Å²) in [7, 11) is 1.46. The van der Waals surface area contributed by atoms with Gasteiger partial charge in [0.05, 0.1) is 19.0 Å². The van der Waals surface area contributed by atoms with Gasteiger partial charge in [0.15, 0.2) is 5.82 Å². The molecule has 0 aliphatic carbocycles. The molecule has 158 valence electrons. The minimum Gasteiger partial charge on any atom is -0.479 e. The number of rotatable bonds is 6. The van der Waals surface area contributed by atoms with Gasteiger partial charge in [0.2, 0.25) is 5.88 Å². The van der Waals surface area contributed by atoms with Crippen LogP contribution in [0.3, 0.4) is 0 Å². The first kappa shape index (κ1) is 20.7. The Balaban J connectivity index is 1.61. The first-order valence-electron chi connectivity index (χ1n) is 9.39. The van der Waals surface area contributed by atoms with Crippen LogP contribution >= 0.6 is 15.9 Å². The van der Waals surface area contributed by atoms with E-state index in [4.69, 9.17) is 4.74 Å². The quantitative estimate of drug-likeness (QED) is 0.447. The lowest BCUT2D eigenvalue weighted by Gasteiger charge is -2.10. The Labute approximate surface area is 186 Å². The molecule has 0 saturated heterocycles. The first-order valence-corrected chi connectivity index (χ1v) is 10.2. The molecule has 0 radical (unpaired) electrons. The largest absolute Gasteiger partial charge is 0.479 e. The molecule has 10 nitrogen and oxygen atoms in total. The third-order valence-corrected chi connectivity index (χ3v) is 4.86. The van der Waals surface area contributed by atoms with Crippen molar-refractivity contribution in [2.75, 3.05) is 12.4 Å². The van der Waals surface area contributed by atoms with Gasteiger partial charge in [0, 0.05) is 22.9 Å². The predicted octanol–water partition coefficient (Wildman–Crippen LogP) is 3.53. The topological polar surface area (TPSA) is 113 Å². The summed E-state index contributed by atoms with van der Waals surface area (Å²) in [5.74, 6) is 0.785. The molecule has 11 heteroatoms. The van der Waals surface area contributed by atoms with Gasteiger partial charge in [-0.2, -0.15) is 0 Å². The molecule has 4 rings (SSSR count). The second kappa shape index (κ2) is 8.64. The Hall–Kier alpha value is -3.60. The van der Waals surface area contributed by atoms with E-state index < -0.39 is 5.91 Å². The van der Waals surface area contributed by atoms with E-state index in [0.29, 0.717) is 23.0 Å². The van der Waals surface area contributed by atoms with Crippen molar-refractivity contribution in [3.8, 4) is 23.1 Å². The van der Waals surface area contributed by atoms with Gasteiger partial charge in [0.1, 0.15) is 23.4 Å². The minimum atomic E-state index is -0.402. The van der Waals surface area contributed by atoms with Crippen LogP contribution in [0, 0.1) is 0 Å². The van der Waals surface area contributed by atoms with Crippen molar-refractivity contribution in [3.05, 3.63) is 59.2 Å². The summed E-state index contributed by atoms with van der Waals surface area (Å²) in [6.07, 6.45) is 6.53. The number of ether oxygens (including phenoxy) is 1. The van der Waals surface area contributed by atoms with Crippen molar-refractivity contribution in [3.63, 3.8) is 0 Å². The maximum absolute atomic E-state index is 12.9. The van der Waals surface area contributed by atoms with Crippen LogP contribution in [-0.4, -0.2) is 47.5 Å². The Bertz CT molecular complexity index is 1230. The number of anilines is 1. The number of nitrogens with one attached hydrogen (secondary N) is 1. The molecule has 1 N–H and O–H groups in total. The number of aromatic nitrogens is 7. The zero-order chi connectivity index (χ0) is 22.0. The van der Waals surface area contributed by atoms with E-state index in [1.165, 1.54) is 11.8 Å². The van der Waals surface area contributed by atoms with E-state index in [2.05, 4.69) is 46.5 Å². The summed E-state index contributed by atoms with van der Waals surface area (Å²) in [5.41, 5.74) is 1.55. The molecule has 0 aromatic carbocycles. The number of hydrogen-bond donors (Lipinski definition) is 1. The van der Waals surface area contributed by atoms with Gasteiger partial charge in [-0.15, -0.1) is 15.3 Å². The number of nitrogens with zero attached hydrogens (tertiary/aromatic N) is 7. The average molecular weight is 483 g/mol. The lowest BCUT2D eigenvalue weighted by Crippen LogP contribution is -2.14. The second-order valence-corrected chi connectivity index (χ2v) is 7.79. The monoisotopic (exact) mass is 482 g/mol. The van der Waals surface area contributed by atoms with E-state index in [-0.39, 0.29) is 17.5 Å². The third-order valence-electron chi connectivity index (χ3n) is 4.42. The molecule has 0 aliphatic heterocycles. The fourth-order valence-corrected chi connectivity index (χ4v) is 3.29. The van der Waals surface area contributed by atoms with Gasteiger partial charge in [-0.1, -0.05) is 6.07 Å². The molecule has 0 aliphatic rings. The summed E-state index contributed by atoms with van der Waals surface area (Å²) in [4.78, 5) is 21.6. The fraction of sp³-hybridized carbons (Fsp3) is 0.200. The maximum atomic E-state index is 12.9. The number of methoxy groups -OCH3 is 1. The van der Waals surface area contributed by atoms with Crippen LogP contribution in [0.15, 0.2) is 53.7 Å². The molecule has 0 saturated carbocycles. The molecule has 4 heterocycles. The molecular formula is C20H19BrN8O2. The summed E-state index contributed by atoms with van der Waals surface area (Å²) in [6, 6.07) is 7.32. The molecule has 31 heavy (non-hydrogen) atoms. The van der Waals surface area contributed by atoms with Crippen LogP contribution < -0.4 is 10.1 Å². The zero-order valence-electron chi connectivity index (χ0n) is 17.0. The van der Waals surface area contributed by atoms with Gasteiger partial charge in [-0.05, 0) is 48.0 Å². The lowest BCUT2D eigenvalue weighted by atomic mass is 10.3. The maximum Gasteiger partial charge on any atom is 0.263 e. The highest BCUT2D eigenvalue weighted by atomic mass is 79.9. The molecule has 0 bridgehead atoms. The Morgan fingerprint density at radius 3 is 2.84 bits per heavy atom. The van der Waals surface area contributed by atoms with Gasteiger partial charge < -0.3 is 14.6 Å². The number of hydrogen-bond acceptors (Lipinski definition) is 7. The SMILES string of the molecule is COc1nn(-c2cncc(Br)c2)cc1C(=O)Nc1cccc(-c2nncn2C(C)C)n1. The van der Waals surface area contributed by atoms with Crippen LogP contribution in [0.2, 0.25) is 0 Å². The van der Waals surface area contributed by atoms with Crippen molar-refractivity contribution in [1.29, 1.82) is 0 Å². The van der Waals surface area contributed by atoms with Crippen molar-refractivity contribution in [2.24, 2.45) is 0 Å². The molecule has 1 amide bonds. The van der Waals surface area contributed by atoms with Gasteiger partial charge >= 0.3 is 0 Å². The number of halogens is 1. The van der Waals surface area contributed by atoms with Crippen molar-refractivity contribution >= 4 is 27.7 Å². The Morgan fingerprint density at radius 2 is 2.10 bits per heavy atom. The minimum absolute atomic E-state index is 0.174. The molecule has 0 fully saturated rings. The fourth-order valence-electron chi connectivity index (χ4n) is 2.94. The van der Waals surface area contributed by atoms with Crippen LogP contribution in [0.5, 0.6) is 5.88 Å². The van der Waals surface area contributed by atoms with Crippen LogP contribution in [-0.2, 0) is 0 Å². The van der Waals surface area contributed by atoms with Crippen molar-refractivity contribution < 1.29 is 9.53 Å². The Morgan fingerprint density at radius 1 is 1.26 bits per heavy atom. The van der Waals surface area contributed by atoms with Crippen molar-refractivity contribution in [1.82, 2.24) is 34.5 Å². The lowest BCUT2D eigenvalue weighted by molar-refractivity contribution is 0.102. The van der Waals surface area contributed by atoms with E-state index in [9.17, 15) is 4.79 Å². The molecule has 0 atom stereocenters. The molecule has 4 aromatic heterocycles. The van der Waals surface area contributed by atoms with E-state index in [0.717, 1.165) is 4.47 Å². The molecule has 0 unspecified atom stereocenters. The zero-order valence-corrected chi connectivity index (χ0v) is 18.6. The molecule has 0 spiro atoms. The smallest absolute Gasteiger partial charge is 0.263 e. The van der Waals surface area contributed by atoms with Crippen LogP contribution in [0.4, 0.5) is 5.82 Å². The summed E-state index contributed by atoms with van der Waals surface area (Å²) in [6.45, 7) is 4.06. The van der Waals surface area contributed by atoms with Gasteiger partial charge in [-0.3, -0.25) is 9.78 Å². The van der Waals surface area contributed by atoms with Gasteiger partial charge in [-0.25, -0.2) is 9.67 Å². The second-order valence-electron chi connectivity index (χ2n) is 6.88. The number of carbonyl (C=O) groups excluding carboxylic acids is 1. The summed E-state index contributed by atoms with van der Waals surface area (Å²) in [5, 5.41) is 15.2. The molecular weight excluding hydrogens is 464 g/mol. The van der Waals surface area contributed by atoms with Crippen molar-refractivity contribution in [2.45, 2.75) is 19.9 Å². The highest BCUT2D eigenvalue weighted by Gasteiger charge is 2.19. The van der Waals surface area contributed by atoms with E-state index in [1.54, 1.807) is 37.1 Å². The number of carbonyl (C=O) groups is 1. The highest BCUT2D eigenvalue weighted by molar-refractivity contribution is 9.10. The Kier molecular flexibility index (Phi) is 5.76. The average Bonchev–Trinajstić information content (AvgIpc) is 3.41. The molecule has 4 aromatic rings. The normalized spacial score (nSPS) is 11.0. The highest BCUT2D eigenvalue weighted by Crippen LogP contribution is 2.23. The standard InChI is InChI=1S/C20H19BrN8O2/c1-12(2)28-11-23-26-18(28)16-5-4-6-17(24-16)25-19(30)15-10-29(27-20(15)31-3)14-7-13(21)8-22-9-14/h4-12H,1-3H3,(H,24,25,30). The number of pyridine rings is 2. The predicted molar refractivity (Wildman–Crippen MR) is 117 cm³/mol. The first-order chi connectivity index (χ1) is 15.0. The summed E-state index contributed by atoms with van der Waals surface area (Å²) >= 11 is 3.38. The number of amides is 1. The third kappa shape index (κ3) is 4.31.